The fourth-order valence-electron chi connectivity index (χ4n) is 1.57. The Bertz CT molecular complexity index is 646. The monoisotopic (exact) mass is 249 g/mol. The minimum Gasteiger partial charge on any atom is -0.491 e. The van der Waals surface area contributed by atoms with Gasteiger partial charge in [-0.25, -0.2) is 4.79 Å². The molecule has 6 nitrogen and oxygen atoms in total. The quantitative estimate of drug-likeness (QED) is 0.831. The Morgan fingerprint density at radius 1 is 1.44 bits per heavy atom. The predicted molar refractivity (Wildman–Crippen MR) is 64.0 cm³/mol. The molecule has 0 saturated heterocycles. The fraction of sp³-hybridized carbons (Fsp3) is 0.167. The number of carboxylic acid groups (broad SMARTS) is 1. The highest BCUT2D eigenvalue weighted by molar-refractivity contribution is 5.89. The summed E-state index contributed by atoms with van der Waals surface area (Å²) in [6.07, 6.45) is 0. The molecule has 0 fully saturated rings. The van der Waals surface area contributed by atoms with Gasteiger partial charge in [-0.05, 0) is 12.1 Å². The molecule has 0 saturated carbocycles. The van der Waals surface area contributed by atoms with Crippen LogP contribution in [0.4, 0.5) is 0 Å². The van der Waals surface area contributed by atoms with Crippen LogP contribution >= 0.6 is 0 Å². The van der Waals surface area contributed by atoms with E-state index in [1.54, 1.807) is 12.1 Å². The maximum atomic E-state index is 11.9. The van der Waals surface area contributed by atoms with Crippen LogP contribution in [0.3, 0.4) is 0 Å². The van der Waals surface area contributed by atoms with E-state index < -0.39 is 17.2 Å². The van der Waals surface area contributed by atoms with Gasteiger partial charge in [0.15, 0.2) is 5.43 Å². The molecule has 3 N–H and O–H groups in total. The second-order valence-electron chi connectivity index (χ2n) is 3.55. The van der Waals surface area contributed by atoms with Gasteiger partial charge in [-0.1, -0.05) is 6.07 Å². The van der Waals surface area contributed by atoms with Gasteiger partial charge in [0.1, 0.15) is 23.3 Å². The van der Waals surface area contributed by atoms with Crippen molar-refractivity contribution in [2.45, 2.75) is 0 Å². The molecular formula is C12H11NO5. The summed E-state index contributed by atoms with van der Waals surface area (Å²) in [5.41, 5.74) is 5.04. The van der Waals surface area contributed by atoms with Crippen LogP contribution in [-0.2, 0) is 0 Å². The van der Waals surface area contributed by atoms with E-state index in [0.29, 0.717) is 12.3 Å². The Morgan fingerprint density at radius 2 is 2.22 bits per heavy atom. The molecular weight excluding hydrogens is 238 g/mol. The molecule has 0 aliphatic carbocycles. The Kier molecular flexibility index (Phi) is 3.29. The normalized spacial score (nSPS) is 10.5. The number of benzene rings is 1. The second-order valence-corrected chi connectivity index (χ2v) is 3.55. The van der Waals surface area contributed by atoms with Gasteiger partial charge in [0, 0.05) is 12.6 Å². The number of rotatable bonds is 4. The summed E-state index contributed by atoms with van der Waals surface area (Å²) in [7, 11) is 0. The molecule has 0 atom stereocenters. The summed E-state index contributed by atoms with van der Waals surface area (Å²) in [6, 6.07) is 5.66. The third-order valence-corrected chi connectivity index (χ3v) is 2.30. The van der Waals surface area contributed by atoms with E-state index >= 15 is 0 Å². The molecule has 0 radical (unpaired) electrons. The number of nitrogens with two attached hydrogens (primary N) is 1. The van der Waals surface area contributed by atoms with Crippen LogP contribution in [0, 0.1) is 0 Å². The van der Waals surface area contributed by atoms with Crippen molar-refractivity contribution in [3.63, 3.8) is 0 Å². The predicted octanol–water partition coefficient (Wildman–Crippen LogP) is 0.829. The zero-order chi connectivity index (χ0) is 13.1. The highest BCUT2D eigenvalue weighted by Crippen LogP contribution is 2.23. The number of hydrogen-bond donors (Lipinski definition) is 2. The number of fused-ring (bicyclic) bond motifs is 1. The first kappa shape index (κ1) is 12.1. The molecule has 0 bridgehead atoms. The summed E-state index contributed by atoms with van der Waals surface area (Å²) in [6.45, 7) is 0.578. The van der Waals surface area contributed by atoms with Gasteiger partial charge < -0.3 is 20.0 Å². The van der Waals surface area contributed by atoms with Crippen molar-refractivity contribution >= 4 is 16.9 Å². The van der Waals surface area contributed by atoms with Crippen LogP contribution in [-0.4, -0.2) is 24.2 Å². The molecule has 1 heterocycles. The summed E-state index contributed by atoms with van der Waals surface area (Å²) < 4.78 is 10.4. The van der Waals surface area contributed by atoms with Crippen LogP contribution in [0.5, 0.6) is 5.75 Å². The second kappa shape index (κ2) is 4.89. The topological polar surface area (TPSA) is 103 Å². The number of aromatic carboxylic acids is 1. The van der Waals surface area contributed by atoms with E-state index in [1.807, 2.05) is 0 Å². The van der Waals surface area contributed by atoms with E-state index in [4.69, 9.17) is 20.0 Å². The standard InChI is InChI=1S/C12H11NO5/c13-4-5-17-8-2-1-3-9-11(8)7(14)6-10(18-9)12(15)16/h1-3,6H,4-5,13H2,(H,15,16). The molecule has 0 spiro atoms. The molecule has 2 rings (SSSR count). The van der Waals surface area contributed by atoms with Crippen molar-refractivity contribution in [1.29, 1.82) is 0 Å². The molecule has 94 valence electrons. The Labute approximate surface area is 102 Å². The summed E-state index contributed by atoms with van der Waals surface area (Å²) in [4.78, 5) is 22.6. The zero-order valence-electron chi connectivity index (χ0n) is 9.38. The number of carboxylic acids is 1. The summed E-state index contributed by atoms with van der Waals surface area (Å²) in [5, 5.41) is 9.02. The van der Waals surface area contributed by atoms with Crippen molar-refractivity contribution < 1.29 is 19.1 Å². The van der Waals surface area contributed by atoms with Gasteiger partial charge in [-0.15, -0.1) is 0 Å². The van der Waals surface area contributed by atoms with E-state index in [2.05, 4.69) is 0 Å². The van der Waals surface area contributed by atoms with Crippen LogP contribution in [0.25, 0.3) is 11.0 Å². The lowest BCUT2D eigenvalue weighted by molar-refractivity contribution is 0.0663. The molecule has 1 aromatic carbocycles. The van der Waals surface area contributed by atoms with E-state index in [0.717, 1.165) is 6.07 Å². The maximum absolute atomic E-state index is 11.9. The summed E-state index contributed by atoms with van der Waals surface area (Å²) in [5.74, 6) is -1.35. The molecule has 18 heavy (non-hydrogen) atoms. The van der Waals surface area contributed by atoms with E-state index in [9.17, 15) is 9.59 Å². The first-order valence-electron chi connectivity index (χ1n) is 5.26. The first-order valence-corrected chi connectivity index (χ1v) is 5.26. The van der Waals surface area contributed by atoms with Crippen molar-refractivity contribution in [2.75, 3.05) is 13.2 Å². The number of hydrogen-bond acceptors (Lipinski definition) is 5. The molecule has 6 heteroatoms. The Balaban J connectivity index is 2.63. The van der Waals surface area contributed by atoms with Crippen molar-refractivity contribution in [1.82, 2.24) is 0 Å². The van der Waals surface area contributed by atoms with Crippen LogP contribution < -0.4 is 15.9 Å². The maximum Gasteiger partial charge on any atom is 0.371 e. The van der Waals surface area contributed by atoms with Crippen LogP contribution in [0.1, 0.15) is 10.6 Å². The molecule has 2 aromatic rings. The van der Waals surface area contributed by atoms with Gasteiger partial charge in [0.25, 0.3) is 0 Å². The van der Waals surface area contributed by atoms with Gasteiger partial charge >= 0.3 is 5.97 Å². The third-order valence-electron chi connectivity index (χ3n) is 2.30. The lowest BCUT2D eigenvalue weighted by Gasteiger charge is -2.07. The van der Waals surface area contributed by atoms with Crippen molar-refractivity contribution in [3.8, 4) is 5.75 Å². The third kappa shape index (κ3) is 2.18. The molecule has 0 aliphatic rings. The highest BCUT2D eigenvalue weighted by Gasteiger charge is 2.13. The number of ether oxygens (including phenoxy) is 1. The average Bonchev–Trinajstić information content (AvgIpc) is 2.35. The smallest absolute Gasteiger partial charge is 0.371 e. The van der Waals surface area contributed by atoms with E-state index in [1.165, 1.54) is 6.07 Å². The van der Waals surface area contributed by atoms with Crippen LogP contribution in [0.2, 0.25) is 0 Å². The fourth-order valence-corrected chi connectivity index (χ4v) is 1.57. The minimum atomic E-state index is -1.29. The lowest BCUT2D eigenvalue weighted by Crippen LogP contribution is -2.13. The summed E-state index contributed by atoms with van der Waals surface area (Å²) >= 11 is 0. The zero-order valence-corrected chi connectivity index (χ0v) is 9.38. The minimum absolute atomic E-state index is 0.175. The van der Waals surface area contributed by atoms with Gasteiger partial charge in [0.2, 0.25) is 5.76 Å². The SMILES string of the molecule is NCCOc1cccc2oc(C(=O)O)cc(=O)c12. The average molecular weight is 249 g/mol. The highest BCUT2D eigenvalue weighted by atomic mass is 16.5. The molecule has 0 unspecified atom stereocenters. The first-order chi connectivity index (χ1) is 8.63. The van der Waals surface area contributed by atoms with Crippen molar-refractivity contribution in [3.05, 3.63) is 40.2 Å². The Hall–Kier alpha value is -2.34. The van der Waals surface area contributed by atoms with E-state index in [-0.39, 0.29) is 17.6 Å². The van der Waals surface area contributed by atoms with Crippen LogP contribution in [0.15, 0.2) is 33.5 Å². The molecule has 0 amide bonds. The van der Waals surface area contributed by atoms with Gasteiger partial charge in [0.05, 0.1) is 0 Å². The number of carbonyl (C=O) groups is 1. The van der Waals surface area contributed by atoms with Gasteiger partial charge in [-0.3, -0.25) is 4.79 Å². The molecule has 0 aliphatic heterocycles. The largest absolute Gasteiger partial charge is 0.491 e. The lowest BCUT2D eigenvalue weighted by atomic mass is 10.2. The molecule has 1 aromatic heterocycles. The van der Waals surface area contributed by atoms with Crippen molar-refractivity contribution in [2.24, 2.45) is 5.73 Å². The Morgan fingerprint density at radius 3 is 2.89 bits per heavy atom. The van der Waals surface area contributed by atoms with Gasteiger partial charge in [-0.2, -0.15) is 0 Å².